The summed E-state index contributed by atoms with van der Waals surface area (Å²) in [4.78, 5) is 23.9. The van der Waals surface area contributed by atoms with Gasteiger partial charge in [0.05, 0.1) is 13.0 Å². The molecule has 2 saturated carbocycles. The average Bonchev–Trinajstić information content (AvgIpc) is 2.99. The molecule has 108 valence electrons. The van der Waals surface area contributed by atoms with E-state index in [0.29, 0.717) is 6.42 Å². The van der Waals surface area contributed by atoms with E-state index in [4.69, 9.17) is 14.2 Å². The Bertz CT molecular complexity index is 374. The summed E-state index contributed by atoms with van der Waals surface area (Å²) in [5.41, 5.74) is 0. The van der Waals surface area contributed by atoms with Crippen molar-refractivity contribution >= 4 is 11.8 Å². The van der Waals surface area contributed by atoms with Crippen molar-refractivity contribution in [3.8, 4) is 0 Å². The number of ketones is 1. The van der Waals surface area contributed by atoms with Crippen LogP contribution in [0.15, 0.2) is 0 Å². The standard InChI is InChI=1S/C14H22O5/c1-14(18-3,19-4)10-6-5-8-11(15)7-9(12(8)10)13(16)17-2/h8-10,12H,5-7H2,1-4H3/t8-,9-,10+,12-/m0/s1. The van der Waals surface area contributed by atoms with Crippen LogP contribution in [0, 0.1) is 23.7 Å². The smallest absolute Gasteiger partial charge is 0.309 e. The molecule has 5 nitrogen and oxygen atoms in total. The van der Waals surface area contributed by atoms with Crippen molar-refractivity contribution in [3.63, 3.8) is 0 Å². The van der Waals surface area contributed by atoms with Gasteiger partial charge in [-0.1, -0.05) is 0 Å². The third kappa shape index (κ3) is 2.19. The van der Waals surface area contributed by atoms with E-state index < -0.39 is 5.79 Å². The molecule has 0 N–H and O–H groups in total. The highest BCUT2D eigenvalue weighted by atomic mass is 16.7. The van der Waals surface area contributed by atoms with E-state index in [1.54, 1.807) is 14.2 Å². The first-order valence-electron chi connectivity index (χ1n) is 6.69. The number of carbonyl (C=O) groups excluding carboxylic acids is 2. The Hall–Kier alpha value is -0.940. The van der Waals surface area contributed by atoms with Gasteiger partial charge >= 0.3 is 5.97 Å². The van der Waals surface area contributed by atoms with Gasteiger partial charge in [-0.05, 0) is 25.7 Å². The molecular weight excluding hydrogens is 248 g/mol. The van der Waals surface area contributed by atoms with Crippen LogP contribution < -0.4 is 0 Å². The van der Waals surface area contributed by atoms with Gasteiger partial charge in [0, 0.05) is 32.5 Å². The van der Waals surface area contributed by atoms with Gasteiger partial charge in [0.2, 0.25) is 0 Å². The minimum atomic E-state index is -0.754. The Kier molecular flexibility index (Phi) is 3.97. The maximum absolute atomic E-state index is 12.0. The average molecular weight is 270 g/mol. The maximum Gasteiger partial charge on any atom is 0.309 e. The highest BCUT2D eigenvalue weighted by Crippen LogP contribution is 2.53. The molecule has 0 aromatic rings. The van der Waals surface area contributed by atoms with Crippen molar-refractivity contribution in [2.75, 3.05) is 21.3 Å². The number of ether oxygens (including phenoxy) is 3. The van der Waals surface area contributed by atoms with Crippen LogP contribution in [0.1, 0.15) is 26.2 Å². The predicted molar refractivity (Wildman–Crippen MR) is 67.3 cm³/mol. The highest BCUT2D eigenvalue weighted by molar-refractivity contribution is 5.90. The maximum atomic E-state index is 12.0. The summed E-state index contributed by atoms with van der Waals surface area (Å²) < 4.78 is 15.8. The molecule has 0 saturated heterocycles. The summed E-state index contributed by atoms with van der Waals surface area (Å²) in [7, 11) is 4.57. The fourth-order valence-electron chi connectivity index (χ4n) is 3.85. The fraction of sp³-hybridized carbons (Fsp3) is 0.857. The summed E-state index contributed by atoms with van der Waals surface area (Å²) in [6.45, 7) is 1.87. The molecule has 0 unspecified atom stereocenters. The van der Waals surface area contributed by atoms with Crippen molar-refractivity contribution in [1.29, 1.82) is 0 Å². The minimum absolute atomic E-state index is 0.0233. The zero-order valence-electron chi connectivity index (χ0n) is 12.0. The van der Waals surface area contributed by atoms with Crippen molar-refractivity contribution in [2.24, 2.45) is 23.7 Å². The minimum Gasteiger partial charge on any atom is -0.469 e. The quantitative estimate of drug-likeness (QED) is 0.571. The highest BCUT2D eigenvalue weighted by Gasteiger charge is 2.58. The number of carbonyl (C=O) groups is 2. The zero-order valence-corrected chi connectivity index (χ0v) is 12.0. The summed E-state index contributed by atoms with van der Waals surface area (Å²) in [5, 5.41) is 0. The molecule has 0 aromatic heterocycles. The number of methoxy groups -OCH3 is 3. The summed E-state index contributed by atoms with van der Waals surface area (Å²) >= 11 is 0. The molecule has 0 aliphatic heterocycles. The predicted octanol–water partition coefficient (Wildman–Crippen LogP) is 1.40. The fourth-order valence-corrected chi connectivity index (χ4v) is 3.85. The summed E-state index contributed by atoms with van der Waals surface area (Å²) in [6.07, 6.45) is 1.94. The van der Waals surface area contributed by atoms with Crippen molar-refractivity contribution in [2.45, 2.75) is 32.0 Å². The van der Waals surface area contributed by atoms with Crippen molar-refractivity contribution in [1.82, 2.24) is 0 Å². The van der Waals surface area contributed by atoms with Gasteiger partial charge in [-0.15, -0.1) is 0 Å². The third-order valence-corrected chi connectivity index (χ3v) is 5.01. The van der Waals surface area contributed by atoms with E-state index in [1.165, 1.54) is 7.11 Å². The Morgan fingerprint density at radius 3 is 2.37 bits per heavy atom. The first-order chi connectivity index (χ1) is 8.98. The van der Waals surface area contributed by atoms with E-state index in [2.05, 4.69) is 0 Å². The second kappa shape index (κ2) is 5.21. The molecule has 4 atom stereocenters. The van der Waals surface area contributed by atoms with Gasteiger partial charge in [-0.2, -0.15) is 0 Å². The van der Waals surface area contributed by atoms with E-state index in [9.17, 15) is 9.59 Å². The monoisotopic (exact) mass is 270 g/mol. The van der Waals surface area contributed by atoms with Gasteiger partial charge in [0.1, 0.15) is 5.78 Å². The van der Waals surface area contributed by atoms with Crippen LogP contribution in [0.5, 0.6) is 0 Å². The Balaban J connectivity index is 2.29. The lowest BCUT2D eigenvalue weighted by molar-refractivity contribution is -0.236. The van der Waals surface area contributed by atoms with E-state index in [0.717, 1.165) is 12.8 Å². The van der Waals surface area contributed by atoms with Crippen LogP contribution in [0.2, 0.25) is 0 Å². The van der Waals surface area contributed by atoms with Gasteiger partial charge in [0.15, 0.2) is 5.79 Å². The van der Waals surface area contributed by atoms with Crippen LogP contribution in [0.25, 0.3) is 0 Å². The molecule has 0 spiro atoms. The van der Waals surface area contributed by atoms with Crippen LogP contribution >= 0.6 is 0 Å². The molecule has 2 fully saturated rings. The molecule has 2 aliphatic carbocycles. The Morgan fingerprint density at radius 1 is 1.21 bits per heavy atom. The van der Waals surface area contributed by atoms with Gasteiger partial charge in [-0.25, -0.2) is 0 Å². The summed E-state index contributed by atoms with van der Waals surface area (Å²) in [6, 6.07) is 0. The molecule has 19 heavy (non-hydrogen) atoms. The largest absolute Gasteiger partial charge is 0.469 e. The number of hydrogen-bond acceptors (Lipinski definition) is 5. The Labute approximate surface area is 113 Å². The van der Waals surface area contributed by atoms with Gasteiger partial charge < -0.3 is 14.2 Å². The molecule has 0 heterocycles. The van der Waals surface area contributed by atoms with E-state index in [1.807, 2.05) is 6.92 Å². The first-order valence-corrected chi connectivity index (χ1v) is 6.69. The molecule has 0 aromatic carbocycles. The van der Waals surface area contributed by atoms with Gasteiger partial charge in [-0.3, -0.25) is 9.59 Å². The lowest BCUT2D eigenvalue weighted by Gasteiger charge is -2.37. The van der Waals surface area contributed by atoms with E-state index in [-0.39, 0.29) is 35.4 Å². The molecule has 0 amide bonds. The molecule has 0 bridgehead atoms. The molecular formula is C14H22O5. The van der Waals surface area contributed by atoms with Crippen LogP contribution in [0.4, 0.5) is 0 Å². The number of fused-ring (bicyclic) bond motifs is 1. The third-order valence-electron chi connectivity index (χ3n) is 5.01. The number of rotatable bonds is 4. The molecule has 2 aliphatic rings. The molecule has 0 radical (unpaired) electrons. The number of hydrogen-bond donors (Lipinski definition) is 0. The van der Waals surface area contributed by atoms with E-state index >= 15 is 0 Å². The lowest BCUT2D eigenvalue weighted by atomic mass is 9.80. The second-order valence-electron chi connectivity index (χ2n) is 5.59. The molecule has 2 rings (SSSR count). The topological polar surface area (TPSA) is 61.8 Å². The second-order valence-corrected chi connectivity index (χ2v) is 5.59. The first kappa shape index (κ1) is 14.5. The normalized spacial score (nSPS) is 34.4. The van der Waals surface area contributed by atoms with Crippen molar-refractivity contribution in [3.05, 3.63) is 0 Å². The Morgan fingerprint density at radius 2 is 1.84 bits per heavy atom. The van der Waals surface area contributed by atoms with Crippen LogP contribution in [0.3, 0.4) is 0 Å². The summed E-state index contributed by atoms with van der Waals surface area (Å²) in [5.74, 6) is -1.23. The van der Waals surface area contributed by atoms with Crippen LogP contribution in [-0.2, 0) is 23.8 Å². The van der Waals surface area contributed by atoms with Gasteiger partial charge in [0.25, 0.3) is 0 Å². The SMILES string of the molecule is COC(=O)[C@H]1CC(=O)[C@@H]2CC[C@@H](C(C)(OC)OC)[C@H]12. The lowest BCUT2D eigenvalue weighted by Crippen LogP contribution is -2.43. The number of Topliss-reactive ketones (excluding diaryl/α,β-unsaturated/α-hetero) is 1. The number of esters is 1. The molecule has 5 heteroatoms. The van der Waals surface area contributed by atoms with Crippen LogP contribution in [-0.4, -0.2) is 38.9 Å². The zero-order chi connectivity index (χ0) is 14.2. The van der Waals surface area contributed by atoms with Crippen molar-refractivity contribution < 1.29 is 23.8 Å².